The number of benzene rings is 2. The molecule has 1 aromatic heterocycles. The number of phenols is 1. The molecule has 2 aromatic carbocycles. The number of fused-ring (bicyclic) bond motifs is 3. The van der Waals surface area contributed by atoms with Crippen LogP contribution < -0.4 is 4.74 Å². The zero-order chi connectivity index (χ0) is 17.4. The van der Waals surface area contributed by atoms with Crippen LogP contribution in [0.3, 0.4) is 0 Å². The molecule has 1 amide bonds. The predicted molar refractivity (Wildman–Crippen MR) is 92.5 cm³/mol. The number of hydrogen-bond acceptors (Lipinski definition) is 5. The van der Waals surface area contributed by atoms with Crippen molar-refractivity contribution in [2.24, 2.45) is 10.2 Å². The molecule has 4 rings (SSSR count). The first-order chi connectivity index (χ1) is 12.1. The number of amides is 1. The summed E-state index contributed by atoms with van der Waals surface area (Å²) < 4.78 is 5.84. The van der Waals surface area contributed by atoms with E-state index in [1.54, 1.807) is 12.1 Å². The maximum absolute atomic E-state index is 12.2. The molecule has 0 saturated heterocycles. The fourth-order valence-electron chi connectivity index (χ4n) is 3.03. The highest BCUT2D eigenvalue weighted by molar-refractivity contribution is 6.02. The molecule has 1 atom stereocenters. The topological polar surface area (TPSA) is 84.1 Å². The second-order valence-corrected chi connectivity index (χ2v) is 5.92. The Morgan fingerprint density at radius 2 is 1.92 bits per heavy atom. The van der Waals surface area contributed by atoms with E-state index >= 15 is 0 Å². The first-order valence-electron chi connectivity index (χ1n) is 7.94. The van der Waals surface area contributed by atoms with Crippen molar-refractivity contribution < 1.29 is 14.6 Å². The number of ether oxygens (including phenoxy) is 1. The van der Waals surface area contributed by atoms with Crippen molar-refractivity contribution in [2.75, 3.05) is 0 Å². The van der Waals surface area contributed by atoms with E-state index in [9.17, 15) is 9.90 Å². The molecule has 1 N–H and O–H groups in total. The molecule has 0 spiro atoms. The lowest BCUT2D eigenvalue weighted by Crippen LogP contribution is -2.05. The van der Waals surface area contributed by atoms with E-state index in [2.05, 4.69) is 15.2 Å². The van der Waals surface area contributed by atoms with E-state index in [1.807, 2.05) is 31.2 Å². The monoisotopic (exact) mass is 333 g/mol. The molecule has 3 aromatic rings. The van der Waals surface area contributed by atoms with Gasteiger partial charge in [0.25, 0.3) is 5.91 Å². The van der Waals surface area contributed by atoms with Gasteiger partial charge in [-0.1, -0.05) is 24.3 Å². The van der Waals surface area contributed by atoms with Gasteiger partial charge in [-0.25, -0.2) is 0 Å². The number of carbonyl (C=O) groups excluding carboxylic acids is 1. The summed E-state index contributed by atoms with van der Waals surface area (Å²) in [5, 5.41) is 20.0. The van der Waals surface area contributed by atoms with Gasteiger partial charge in [-0.15, -0.1) is 10.2 Å². The van der Waals surface area contributed by atoms with Crippen LogP contribution in [0.15, 0.2) is 59.0 Å². The quantitative estimate of drug-likeness (QED) is 0.713. The lowest BCUT2D eigenvalue weighted by molar-refractivity contribution is 0.0995. The highest BCUT2D eigenvalue weighted by atomic mass is 16.5. The summed E-state index contributed by atoms with van der Waals surface area (Å²) in [7, 11) is 0. The zero-order valence-corrected chi connectivity index (χ0v) is 13.5. The predicted octanol–water partition coefficient (Wildman–Crippen LogP) is 4.19. The third-order valence-corrected chi connectivity index (χ3v) is 4.19. The van der Waals surface area contributed by atoms with Crippen LogP contribution in [0.1, 0.15) is 22.8 Å². The number of aromatic nitrogens is 1. The van der Waals surface area contributed by atoms with Crippen LogP contribution in [0, 0.1) is 0 Å². The van der Waals surface area contributed by atoms with Crippen molar-refractivity contribution in [3.05, 3.63) is 59.9 Å². The third-order valence-electron chi connectivity index (χ3n) is 4.19. The number of nitrogens with zero attached hydrogens (tertiary/aromatic N) is 3. The zero-order valence-electron chi connectivity index (χ0n) is 13.5. The van der Waals surface area contributed by atoms with Gasteiger partial charge in [0, 0.05) is 40.7 Å². The largest absolute Gasteiger partial charge is 0.505 e. The number of carbonyl (C=O) groups is 1. The van der Waals surface area contributed by atoms with Gasteiger partial charge in [0.05, 0.1) is 0 Å². The summed E-state index contributed by atoms with van der Waals surface area (Å²) >= 11 is 0. The Hall–Kier alpha value is -3.28. The van der Waals surface area contributed by atoms with Crippen molar-refractivity contribution in [1.29, 1.82) is 0 Å². The Labute approximate surface area is 143 Å². The number of rotatable bonds is 2. The lowest BCUT2D eigenvalue weighted by atomic mass is 10.0. The second kappa shape index (κ2) is 5.98. The number of azo groups is 1. The minimum absolute atomic E-state index is 0.0179. The molecular weight excluding hydrogens is 318 g/mol. The van der Waals surface area contributed by atoms with Crippen LogP contribution in [-0.4, -0.2) is 22.1 Å². The normalized spacial score (nSPS) is 16.1. The van der Waals surface area contributed by atoms with Gasteiger partial charge in [-0.2, -0.15) is 0 Å². The molecule has 0 bridgehead atoms. The summed E-state index contributed by atoms with van der Waals surface area (Å²) in [6.07, 6.45) is 3.61. The number of pyridine rings is 1. The highest BCUT2D eigenvalue weighted by Crippen LogP contribution is 2.48. The first-order valence-corrected chi connectivity index (χ1v) is 7.94. The van der Waals surface area contributed by atoms with Crippen molar-refractivity contribution in [3.8, 4) is 11.5 Å². The minimum Gasteiger partial charge on any atom is -0.505 e. The highest BCUT2D eigenvalue weighted by Gasteiger charge is 2.28. The molecular formula is C19H15N3O3. The summed E-state index contributed by atoms with van der Waals surface area (Å²) in [6, 6.07) is 10.6. The molecule has 6 heteroatoms. The molecule has 6 nitrogen and oxygen atoms in total. The van der Waals surface area contributed by atoms with Gasteiger partial charge in [0.15, 0.2) is 5.75 Å². The van der Waals surface area contributed by atoms with E-state index in [4.69, 9.17) is 4.74 Å². The van der Waals surface area contributed by atoms with Crippen LogP contribution >= 0.6 is 0 Å². The van der Waals surface area contributed by atoms with E-state index in [-0.39, 0.29) is 17.5 Å². The Kier molecular flexibility index (Phi) is 3.65. The molecule has 1 aliphatic heterocycles. The van der Waals surface area contributed by atoms with Gasteiger partial charge >= 0.3 is 0 Å². The first kappa shape index (κ1) is 15.3. The molecule has 1 aliphatic rings. The van der Waals surface area contributed by atoms with Crippen molar-refractivity contribution in [3.63, 3.8) is 0 Å². The Morgan fingerprint density at radius 1 is 1.20 bits per heavy atom. The van der Waals surface area contributed by atoms with Gasteiger partial charge in [-0.05, 0) is 19.1 Å². The van der Waals surface area contributed by atoms with Crippen molar-refractivity contribution >= 4 is 22.4 Å². The fourth-order valence-corrected chi connectivity index (χ4v) is 3.03. The Balaban J connectivity index is 1.83. The number of aromatic hydroxyl groups is 1. The maximum atomic E-state index is 12.2. The molecule has 0 aliphatic carbocycles. The summed E-state index contributed by atoms with van der Waals surface area (Å²) in [6.45, 7) is 1.95. The summed E-state index contributed by atoms with van der Waals surface area (Å²) in [5.41, 5.74) is 1.38. The van der Waals surface area contributed by atoms with Crippen LogP contribution in [0.2, 0.25) is 0 Å². The fraction of sp³-hybridized carbons (Fsp3) is 0.158. The molecule has 124 valence electrons. The third kappa shape index (κ3) is 2.61. The van der Waals surface area contributed by atoms with Gasteiger partial charge < -0.3 is 9.84 Å². The molecule has 0 radical (unpaired) electrons. The average Bonchev–Trinajstić information content (AvgIpc) is 3.04. The lowest BCUT2D eigenvalue weighted by Gasteiger charge is -2.10. The minimum atomic E-state index is -0.490. The van der Waals surface area contributed by atoms with Crippen molar-refractivity contribution in [2.45, 2.75) is 19.4 Å². The molecule has 1 unspecified atom stereocenters. The van der Waals surface area contributed by atoms with Crippen LogP contribution in [0.4, 0.5) is 5.69 Å². The molecule has 0 saturated carbocycles. The van der Waals surface area contributed by atoms with Crippen LogP contribution in [0.25, 0.3) is 10.8 Å². The smallest absolute Gasteiger partial charge is 0.295 e. The average molecular weight is 333 g/mol. The summed E-state index contributed by atoms with van der Waals surface area (Å²) in [4.78, 5) is 16.0. The van der Waals surface area contributed by atoms with E-state index < -0.39 is 5.91 Å². The van der Waals surface area contributed by atoms with Crippen LogP contribution in [0.5, 0.6) is 11.5 Å². The van der Waals surface area contributed by atoms with Gasteiger partial charge in [0.2, 0.25) is 0 Å². The number of phenolic OH excluding ortho intramolecular Hbond substituents is 1. The maximum Gasteiger partial charge on any atom is 0.295 e. The van der Waals surface area contributed by atoms with E-state index in [0.717, 1.165) is 5.39 Å². The van der Waals surface area contributed by atoms with Crippen molar-refractivity contribution in [1.82, 2.24) is 4.98 Å². The Morgan fingerprint density at radius 3 is 2.68 bits per heavy atom. The molecule has 25 heavy (non-hydrogen) atoms. The van der Waals surface area contributed by atoms with Crippen LogP contribution in [-0.2, 0) is 6.42 Å². The Bertz CT molecular complexity index is 1000. The number of hydrogen-bond donors (Lipinski definition) is 1. The summed E-state index contributed by atoms with van der Waals surface area (Å²) in [5.74, 6) is 0.209. The standard InChI is InChI=1S/C19H15N3O3/c1-11-10-15-17(23)16(13-4-2-3-5-14(13)18(15)25-11)21-22-19(24)12-6-8-20-9-7-12/h2-9,11,23H,10H2,1H3. The van der Waals surface area contributed by atoms with E-state index in [1.165, 1.54) is 12.4 Å². The van der Waals surface area contributed by atoms with Gasteiger partial charge in [0.1, 0.15) is 17.5 Å². The second-order valence-electron chi connectivity index (χ2n) is 5.92. The molecule has 0 fully saturated rings. The van der Waals surface area contributed by atoms with E-state index in [0.29, 0.717) is 28.7 Å². The SMILES string of the molecule is CC1Cc2c(O)c(N=NC(=O)c3ccncc3)c3ccccc3c2O1. The molecule has 2 heterocycles. The van der Waals surface area contributed by atoms with Gasteiger partial charge in [-0.3, -0.25) is 9.78 Å².